The SMILES string of the molecule is CCCCc1c(CCCC)c(CCCC)c2cc3c(CCCC)c(C(=O)OC)c(C(=O)OC)c(CCCC)c3cc2c1CCCC. The number of hydrogen-bond donors (Lipinski definition) is 0. The first-order valence-electron chi connectivity index (χ1n) is 18.7. The lowest BCUT2D eigenvalue weighted by molar-refractivity contribution is 0.0553. The van der Waals surface area contributed by atoms with Crippen LogP contribution in [-0.2, 0) is 48.0 Å². The predicted octanol–water partition coefficient (Wildman–Crippen LogP) is 11.6. The Morgan fingerprint density at radius 3 is 0.913 bits per heavy atom. The summed E-state index contributed by atoms with van der Waals surface area (Å²) in [5.41, 5.74) is 8.94. The van der Waals surface area contributed by atoms with Crippen LogP contribution in [0, 0.1) is 0 Å². The molecule has 0 aromatic heterocycles. The number of fused-ring (bicyclic) bond motifs is 2. The summed E-state index contributed by atoms with van der Waals surface area (Å²) in [6.45, 7) is 13.5. The number of carbonyl (C=O) groups excluding carboxylic acids is 2. The Kier molecular flexibility index (Phi) is 15.6. The Morgan fingerprint density at radius 2 is 0.652 bits per heavy atom. The molecule has 46 heavy (non-hydrogen) atoms. The lowest BCUT2D eigenvalue weighted by atomic mass is 9.78. The molecule has 3 rings (SSSR count). The van der Waals surface area contributed by atoms with Crippen molar-refractivity contribution in [2.45, 2.75) is 157 Å². The third kappa shape index (κ3) is 8.33. The minimum Gasteiger partial charge on any atom is -0.465 e. The van der Waals surface area contributed by atoms with Gasteiger partial charge in [-0.3, -0.25) is 0 Å². The molecule has 0 aliphatic heterocycles. The first-order chi connectivity index (χ1) is 22.4. The number of benzene rings is 3. The molecule has 0 heterocycles. The lowest BCUT2D eigenvalue weighted by Crippen LogP contribution is -2.19. The van der Waals surface area contributed by atoms with Gasteiger partial charge < -0.3 is 9.47 Å². The zero-order valence-electron chi connectivity index (χ0n) is 30.5. The van der Waals surface area contributed by atoms with Crippen LogP contribution in [-0.4, -0.2) is 26.2 Å². The maximum Gasteiger partial charge on any atom is 0.339 e. The Balaban J connectivity index is 2.72. The molecule has 0 saturated carbocycles. The highest BCUT2D eigenvalue weighted by atomic mass is 16.5. The van der Waals surface area contributed by atoms with Gasteiger partial charge >= 0.3 is 11.9 Å². The minimum atomic E-state index is -0.445. The van der Waals surface area contributed by atoms with Crippen molar-refractivity contribution in [1.29, 1.82) is 0 Å². The van der Waals surface area contributed by atoms with Crippen LogP contribution in [0.1, 0.15) is 173 Å². The van der Waals surface area contributed by atoms with Crippen molar-refractivity contribution in [2.75, 3.05) is 14.2 Å². The topological polar surface area (TPSA) is 52.6 Å². The van der Waals surface area contributed by atoms with E-state index in [1.807, 2.05) is 0 Å². The Hall–Kier alpha value is -2.88. The molecule has 0 spiro atoms. The van der Waals surface area contributed by atoms with Gasteiger partial charge in [0.25, 0.3) is 0 Å². The van der Waals surface area contributed by atoms with E-state index in [1.54, 1.807) is 11.1 Å². The molecule has 3 aromatic carbocycles. The van der Waals surface area contributed by atoms with E-state index in [-0.39, 0.29) is 0 Å². The van der Waals surface area contributed by atoms with Gasteiger partial charge in [0.15, 0.2) is 0 Å². The summed E-state index contributed by atoms with van der Waals surface area (Å²) in [7, 11) is 2.84. The summed E-state index contributed by atoms with van der Waals surface area (Å²) in [4.78, 5) is 27.3. The molecule has 254 valence electrons. The fraction of sp³-hybridized carbons (Fsp3) is 0.619. The largest absolute Gasteiger partial charge is 0.465 e. The molecule has 0 atom stereocenters. The average molecular weight is 631 g/mol. The summed E-state index contributed by atoms with van der Waals surface area (Å²) in [5, 5.41) is 4.95. The van der Waals surface area contributed by atoms with Gasteiger partial charge in [-0.15, -0.1) is 0 Å². The second kappa shape index (κ2) is 19.1. The summed E-state index contributed by atoms with van der Waals surface area (Å²) in [5.74, 6) is -0.890. The molecule has 4 nitrogen and oxygen atoms in total. The Labute approximate surface area is 280 Å². The van der Waals surface area contributed by atoms with Crippen molar-refractivity contribution in [3.63, 3.8) is 0 Å². The van der Waals surface area contributed by atoms with Crippen LogP contribution >= 0.6 is 0 Å². The highest BCUT2D eigenvalue weighted by Crippen LogP contribution is 2.42. The van der Waals surface area contributed by atoms with Gasteiger partial charge in [-0.2, -0.15) is 0 Å². The van der Waals surface area contributed by atoms with E-state index in [1.165, 1.54) is 61.8 Å². The summed E-state index contributed by atoms with van der Waals surface area (Å²) >= 11 is 0. The van der Waals surface area contributed by atoms with E-state index in [0.717, 1.165) is 98.9 Å². The van der Waals surface area contributed by atoms with Crippen molar-refractivity contribution < 1.29 is 19.1 Å². The molecule has 0 unspecified atom stereocenters. The monoisotopic (exact) mass is 630 g/mol. The first-order valence-corrected chi connectivity index (χ1v) is 18.7. The third-order valence-corrected chi connectivity index (χ3v) is 9.87. The van der Waals surface area contributed by atoms with Crippen LogP contribution in [0.5, 0.6) is 0 Å². The van der Waals surface area contributed by atoms with Gasteiger partial charge in [-0.1, -0.05) is 80.1 Å². The van der Waals surface area contributed by atoms with Gasteiger partial charge in [0.05, 0.1) is 25.3 Å². The second-order valence-corrected chi connectivity index (χ2v) is 13.2. The molecule has 0 radical (unpaired) electrons. The quantitative estimate of drug-likeness (QED) is 0.0920. The number of methoxy groups -OCH3 is 2. The minimum absolute atomic E-state index is 0.410. The number of unbranched alkanes of at least 4 members (excludes halogenated alkanes) is 6. The molecule has 0 N–H and O–H groups in total. The Bertz CT molecular complexity index is 1350. The fourth-order valence-corrected chi connectivity index (χ4v) is 7.33. The zero-order chi connectivity index (χ0) is 33.6. The van der Waals surface area contributed by atoms with E-state index >= 15 is 0 Å². The van der Waals surface area contributed by atoms with Crippen molar-refractivity contribution in [3.8, 4) is 0 Å². The summed E-state index contributed by atoms with van der Waals surface area (Å²) in [6.07, 6.45) is 19.0. The number of carbonyl (C=O) groups is 2. The van der Waals surface area contributed by atoms with Crippen molar-refractivity contribution in [3.05, 3.63) is 56.6 Å². The molecular weight excluding hydrogens is 568 g/mol. The van der Waals surface area contributed by atoms with Crippen LogP contribution in [0.25, 0.3) is 21.5 Å². The van der Waals surface area contributed by atoms with Crippen LogP contribution < -0.4 is 0 Å². The number of esters is 2. The number of rotatable bonds is 20. The van der Waals surface area contributed by atoms with Crippen molar-refractivity contribution in [2.24, 2.45) is 0 Å². The molecule has 0 aliphatic carbocycles. The van der Waals surface area contributed by atoms with Crippen LogP contribution in [0.2, 0.25) is 0 Å². The molecular formula is C42H62O4. The first kappa shape index (κ1) is 37.6. The molecule has 3 aromatic rings. The number of aryl methyl sites for hydroxylation is 4. The predicted molar refractivity (Wildman–Crippen MR) is 196 cm³/mol. The van der Waals surface area contributed by atoms with Crippen molar-refractivity contribution in [1.82, 2.24) is 0 Å². The molecule has 0 fully saturated rings. The molecule has 0 aliphatic rings. The second-order valence-electron chi connectivity index (χ2n) is 13.2. The number of ether oxygens (including phenoxy) is 2. The van der Waals surface area contributed by atoms with Crippen LogP contribution in [0.15, 0.2) is 12.1 Å². The fourth-order valence-electron chi connectivity index (χ4n) is 7.33. The van der Waals surface area contributed by atoms with Gasteiger partial charge in [0, 0.05) is 0 Å². The standard InChI is InChI=1S/C42H62O4/c1-9-15-21-29-30(22-16-10-2)32(24-18-12-4)36-28-38-34(26-20-14-6)40(42(44)46-8)39(41(43)45-7)33(25-19-13-5)37(38)27-35(36)31(29)23-17-11-3/h27-28H,9-26H2,1-8H3. The van der Waals surface area contributed by atoms with Gasteiger partial charge in [-0.05, 0) is 144 Å². The van der Waals surface area contributed by atoms with E-state index in [4.69, 9.17) is 9.47 Å². The molecule has 0 amide bonds. The average Bonchev–Trinajstić information content (AvgIpc) is 3.08. The Morgan fingerprint density at radius 1 is 0.413 bits per heavy atom. The summed E-state index contributed by atoms with van der Waals surface area (Å²) < 4.78 is 10.8. The van der Waals surface area contributed by atoms with Gasteiger partial charge in [0.2, 0.25) is 0 Å². The van der Waals surface area contributed by atoms with E-state index in [2.05, 4.69) is 53.7 Å². The van der Waals surface area contributed by atoms with Crippen LogP contribution in [0.3, 0.4) is 0 Å². The van der Waals surface area contributed by atoms with E-state index in [9.17, 15) is 9.59 Å². The van der Waals surface area contributed by atoms with E-state index < -0.39 is 11.9 Å². The van der Waals surface area contributed by atoms with Gasteiger partial charge in [0.1, 0.15) is 0 Å². The lowest BCUT2D eigenvalue weighted by Gasteiger charge is -2.26. The van der Waals surface area contributed by atoms with Crippen molar-refractivity contribution >= 4 is 33.5 Å². The normalized spacial score (nSPS) is 11.5. The maximum atomic E-state index is 13.6. The summed E-state index contributed by atoms with van der Waals surface area (Å²) in [6, 6.07) is 4.86. The van der Waals surface area contributed by atoms with E-state index in [0.29, 0.717) is 24.0 Å². The number of hydrogen-bond acceptors (Lipinski definition) is 4. The van der Waals surface area contributed by atoms with Gasteiger partial charge in [-0.25, -0.2) is 9.59 Å². The van der Waals surface area contributed by atoms with Crippen LogP contribution in [0.4, 0.5) is 0 Å². The maximum absolute atomic E-state index is 13.6. The zero-order valence-corrected chi connectivity index (χ0v) is 30.5. The molecule has 0 saturated heterocycles. The molecule has 0 bridgehead atoms. The highest BCUT2D eigenvalue weighted by molar-refractivity contribution is 6.14. The molecule has 4 heteroatoms. The third-order valence-electron chi connectivity index (χ3n) is 9.87. The highest BCUT2D eigenvalue weighted by Gasteiger charge is 2.30. The smallest absolute Gasteiger partial charge is 0.339 e.